The summed E-state index contributed by atoms with van der Waals surface area (Å²) in [6, 6.07) is 6.94. The fourth-order valence-corrected chi connectivity index (χ4v) is 3.33. The molecule has 0 unspecified atom stereocenters. The lowest BCUT2D eigenvalue weighted by molar-refractivity contribution is 0.448. The van der Waals surface area contributed by atoms with Crippen molar-refractivity contribution in [3.05, 3.63) is 72.0 Å². The molecule has 4 heteroatoms. The van der Waals surface area contributed by atoms with Gasteiger partial charge in [0.25, 0.3) is 0 Å². The molecule has 0 aromatic heterocycles. The van der Waals surface area contributed by atoms with Crippen molar-refractivity contribution in [2.24, 2.45) is 0 Å². The van der Waals surface area contributed by atoms with Crippen molar-refractivity contribution < 1.29 is 8.42 Å². The van der Waals surface area contributed by atoms with Crippen LogP contribution in [0.15, 0.2) is 71.3 Å². The average molecular weight is 331 g/mol. The Bertz CT molecular complexity index is 702. The molecule has 0 heterocycles. The average Bonchev–Trinajstić information content (AvgIpc) is 2.49. The van der Waals surface area contributed by atoms with Crippen molar-refractivity contribution in [1.29, 1.82) is 0 Å². The summed E-state index contributed by atoms with van der Waals surface area (Å²) in [6.45, 7) is 10.1. The van der Waals surface area contributed by atoms with Crippen LogP contribution in [0.4, 0.5) is 0 Å². The van der Waals surface area contributed by atoms with Crippen molar-refractivity contribution in [1.82, 2.24) is 4.31 Å². The van der Waals surface area contributed by atoms with Crippen LogP contribution < -0.4 is 0 Å². The Kier molecular flexibility index (Phi) is 7.76. The van der Waals surface area contributed by atoms with E-state index in [-0.39, 0.29) is 0 Å². The maximum atomic E-state index is 12.8. The molecule has 0 aliphatic heterocycles. The molecule has 0 N–H and O–H groups in total. The van der Waals surface area contributed by atoms with Gasteiger partial charge in [-0.3, -0.25) is 0 Å². The Labute approximate surface area is 140 Å². The SMILES string of the molecule is C=C/C=C\CCN(CC=C=C(C)C)S(=O)(=O)c1ccc(C)cc1. The first-order valence-corrected chi connectivity index (χ1v) is 9.04. The van der Waals surface area contributed by atoms with Crippen LogP contribution in [0.25, 0.3) is 0 Å². The summed E-state index contributed by atoms with van der Waals surface area (Å²) >= 11 is 0. The Balaban J connectivity index is 3.04. The van der Waals surface area contributed by atoms with Crippen LogP contribution in [0.3, 0.4) is 0 Å². The molecule has 0 amide bonds. The number of rotatable bonds is 8. The van der Waals surface area contributed by atoms with Crippen molar-refractivity contribution in [2.45, 2.75) is 32.1 Å². The van der Waals surface area contributed by atoms with E-state index < -0.39 is 10.0 Å². The molecule has 0 atom stereocenters. The molecule has 0 bridgehead atoms. The van der Waals surface area contributed by atoms with Crippen LogP contribution >= 0.6 is 0 Å². The maximum absolute atomic E-state index is 12.8. The molecule has 1 rings (SSSR count). The topological polar surface area (TPSA) is 37.4 Å². The standard InChI is InChI=1S/C19H25NO2S/c1-5-6-7-8-15-20(16-9-10-17(2)3)23(21,22)19-13-11-18(4)12-14-19/h5-7,9,11-14H,1,8,15-16H2,2-4H3/b7-6-. The van der Waals surface area contributed by atoms with Gasteiger partial charge in [0.1, 0.15) is 0 Å². The highest BCUT2D eigenvalue weighted by molar-refractivity contribution is 7.89. The van der Waals surface area contributed by atoms with E-state index in [2.05, 4.69) is 12.3 Å². The van der Waals surface area contributed by atoms with Crippen LogP contribution in [-0.2, 0) is 10.0 Å². The van der Waals surface area contributed by atoms with E-state index in [1.807, 2.05) is 45.1 Å². The molecule has 1 aromatic rings. The van der Waals surface area contributed by atoms with Gasteiger partial charge in [-0.25, -0.2) is 8.42 Å². The molecule has 1 aromatic carbocycles. The van der Waals surface area contributed by atoms with E-state index in [9.17, 15) is 8.42 Å². The Morgan fingerprint density at radius 1 is 1.26 bits per heavy atom. The monoisotopic (exact) mass is 331 g/mol. The van der Waals surface area contributed by atoms with Gasteiger partial charge in [-0.2, -0.15) is 4.31 Å². The normalized spacial score (nSPS) is 11.5. The van der Waals surface area contributed by atoms with E-state index in [0.29, 0.717) is 24.4 Å². The Morgan fingerprint density at radius 2 is 1.91 bits per heavy atom. The number of sulfonamides is 1. The number of aryl methyl sites for hydroxylation is 1. The zero-order valence-corrected chi connectivity index (χ0v) is 14.9. The summed E-state index contributed by atoms with van der Waals surface area (Å²) in [6.07, 6.45) is 7.82. The van der Waals surface area contributed by atoms with Crippen molar-refractivity contribution in [3.8, 4) is 0 Å². The molecule has 0 saturated carbocycles. The minimum atomic E-state index is -3.51. The molecule has 124 valence electrons. The quantitative estimate of drug-likeness (QED) is 0.528. The molecule has 0 aliphatic rings. The third kappa shape index (κ3) is 6.41. The van der Waals surface area contributed by atoms with Gasteiger partial charge in [0.15, 0.2) is 0 Å². The second-order valence-electron chi connectivity index (χ2n) is 5.48. The predicted octanol–water partition coefficient (Wildman–Crippen LogP) is 4.24. The smallest absolute Gasteiger partial charge is 0.207 e. The zero-order valence-electron chi connectivity index (χ0n) is 14.1. The summed E-state index contributed by atoms with van der Waals surface area (Å²) in [7, 11) is -3.51. The second-order valence-corrected chi connectivity index (χ2v) is 7.42. The largest absolute Gasteiger partial charge is 0.243 e. The summed E-state index contributed by atoms with van der Waals surface area (Å²) in [4.78, 5) is 0.321. The molecule has 0 fully saturated rings. The molecular formula is C19H25NO2S. The highest BCUT2D eigenvalue weighted by Gasteiger charge is 2.22. The van der Waals surface area contributed by atoms with Gasteiger partial charge in [0, 0.05) is 13.1 Å². The van der Waals surface area contributed by atoms with E-state index in [0.717, 1.165) is 11.1 Å². The summed E-state index contributed by atoms with van der Waals surface area (Å²) in [5.74, 6) is 0. The highest BCUT2D eigenvalue weighted by atomic mass is 32.2. The van der Waals surface area contributed by atoms with Crippen LogP contribution in [0.1, 0.15) is 25.8 Å². The number of nitrogens with zero attached hydrogens (tertiary/aromatic N) is 1. The van der Waals surface area contributed by atoms with E-state index in [1.165, 1.54) is 4.31 Å². The van der Waals surface area contributed by atoms with Gasteiger partial charge in [0.05, 0.1) is 4.90 Å². The third-order valence-electron chi connectivity index (χ3n) is 3.16. The second kappa shape index (κ2) is 9.31. The van der Waals surface area contributed by atoms with Crippen LogP contribution in [0.5, 0.6) is 0 Å². The number of hydrogen-bond acceptors (Lipinski definition) is 2. The van der Waals surface area contributed by atoms with E-state index in [4.69, 9.17) is 0 Å². The fraction of sp³-hybridized carbons (Fsp3) is 0.316. The van der Waals surface area contributed by atoms with Gasteiger partial charge >= 0.3 is 0 Å². The molecule has 0 radical (unpaired) electrons. The van der Waals surface area contributed by atoms with Crippen molar-refractivity contribution in [2.75, 3.05) is 13.1 Å². The van der Waals surface area contributed by atoms with Gasteiger partial charge in [-0.05, 0) is 51.0 Å². The highest BCUT2D eigenvalue weighted by Crippen LogP contribution is 2.17. The number of benzene rings is 1. The van der Waals surface area contributed by atoms with Gasteiger partial charge < -0.3 is 0 Å². The molecule has 3 nitrogen and oxygen atoms in total. The maximum Gasteiger partial charge on any atom is 0.243 e. The molecule has 0 saturated heterocycles. The minimum Gasteiger partial charge on any atom is -0.207 e. The Hall–Kier alpha value is -1.87. The van der Waals surface area contributed by atoms with E-state index >= 15 is 0 Å². The first-order chi connectivity index (χ1) is 10.9. The predicted molar refractivity (Wildman–Crippen MR) is 96.8 cm³/mol. The van der Waals surface area contributed by atoms with Crippen LogP contribution in [0, 0.1) is 6.92 Å². The molecular weight excluding hydrogens is 306 g/mol. The lowest BCUT2D eigenvalue weighted by atomic mass is 10.2. The number of hydrogen-bond donors (Lipinski definition) is 0. The van der Waals surface area contributed by atoms with Crippen LogP contribution in [-0.4, -0.2) is 25.8 Å². The lowest BCUT2D eigenvalue weighted by Crippen LogP contribution is -2.32. The van der Waals surface area contributed by atoms with Gasteiger partial charge in [0.2, 0.25) is 10.0 Å². The first kappa shape index (κ1) is 19.2. The zero-order chi connectivity index (χ0) is 17.3. The third-order valence-corrected chi connectivity index (χ3v) is 5.04. The minimum absolute atomic E-state index is 0.309. The lowest BCUT2D eigenvalue weighted by Gasteiger charge is -2.20. The summed E-state index contributed by atoms with van der Waals surface area (Å²) in [5, 5.41) is 0. The van der Waals surface area contributed by atoms with Crippen LogP contribution in [0.2, 0.25) is 0 Å². The van der Waals surface area contributed by atoms with E-state index in [1.54, 1.807) is 24.3 Å². The van der Waals surface area contributed by atoms with Crippen molar-refractivity contribution in [3.63, 3.8) is 0 Å². The van der Waals surface area contributed by atoms with Crippen molar-refractivity contribution >= 4 is 10.0 Å². The molecule has 0 aliphatic carbocycles. The molecule has 0 spiro atoms. The van der Waals surface area contributed by atoms with Gasteiger partial charge in [-0.1, -0.05) is 42.5 Å². The molecule has 23 heavy (non-hydrogen) atoms. The number of allylic oxidation sites excluding steroid dienone is 2. The Morgan fingerprint density at radius 3 is 2.48 bits per heavy atom. The van der Waals surface area contributed by atoms with Gasteiger partial charge in [-0.15, -0.1) is 5.73 Å². The first-order valence-electron chi connectivity index (χ1n) is 7.60. The summed E-state index contributed by atoms with van der Waals surface area (Å²) < 4.78 is 27.1. The fourth-order valence-electron chi connectivity index (χ4n) is 1.93. The summed E-state index contributed by atoms with van der Waals surface area (Å²) in [5.41, 5.74) is 5.12.